The zero-order valence-corrected chi connectivity index (χ0v) is 12.5. The van der Waals surface area contributed by atoms with E-state index in [4.69, 9.17) is 22.1 Å². The quantitative estimate of drug-likeness (QED) is 0.680. The van der Waals surface area contributed by atoms with Crippen molar-refractivity contribution in [3.05, 3.63) is 57.0 Å². The molecule has 2 N–H and O–H groups in total. The molecule has 2 aromatic carbocycles. The Morgan fingerprint density at radius 2 is 1.89 bits per heavy atom. The summed E-state index contributed by atoms with van der Waals surface area (Å²) in [5.41, 5.74) is 7.08. The van der Waals surface area contributed by atoms with Gasteiger partial charge in [-0.25, -0.2) is 0 Å². The molecule has 0 amide bonds. The number of hydrogen-bond acceptors (Lipinski definition) is 3. The van der Waals surface area contributed by atoms with E-state index >= 15 is 0 Å². The number of carbonyl (C=O) groups is 1. The van der Waals surface area contributed by atoms with Gasteiger partial charge in [0.2, 0.25) is 0 Å². The summed E-state index contributed by atoms with van der Waals surface area (Å²) in [6, 6.07) is 9.99. The van der Waals surface area contributed by atoms with Crippen molar-refractivity contribution in [1.82, 2.24) is 0 Å². The van der Waals surface area contributed by atoms with Crippen molar-refractivity contribution in [2.24, 2.45) is 0 Å². The maximum Gasteiger partial charge on any atom is 0.195 e. The van der Waals surface area contributed by atoms with Crippen molar-refractivity contribution in [2.75, 3.05) is 12.8 Å². The monoisotopic (exact) mass is 339 g/mol. The standard InChI is InChI=1S/C14H11BrClNO2/c1-19-9-3-5-10(12(15)7-9)14(18)11-4-2-8(17)6-13(11)16/h2-7H,17H2,1H3. The summed E-state index contributed by atoms with van der Waals surface area (Å²) in [7, 11) is 1.57. The van der Waals surface area contributed by atoms with Crippen molar-refractivity contribution < 1.29 is 9.53 Å². The molecule has 0 atom stereocenters. The highest BCUT2D eigenvalue weighted by atomic mass is 79.9. The first kappa shape index (κ1) is 13.9. The second-order valence-electron chi connectivity index (χ2n) is 3.91. The van der Waals surface area contributed by atoms with E-state index in [2.05, 4.69) is 15.9 Å². The summed E-state index contributed by atoms with van der Waals surface area (Å²) < 4.78 is 5.75. The number of hydrogen-bond donors (Lipinski definition) is 1. The first-order valence-corrected chi connectivity index (χ1v) is 6.63. The van der Waals surface area contributed by atoms with Crippen LogP contribution in [0.1, 0.15) is 15.9 Å². The first-order chi connectivity index (χ1) is 9.02. The van der Waals surface area contributed by atoms with Gasteiger partial charge in [-0.15, -0.1) is 0 Å². The maximum atomic E-state index is 12.4. The minimum absolute atomic E-state index is 0.167. The molecule has 2 rings (SSSR count). The highest BCUT2D eigenvalue weighted by molar-refractivity contribution is 9.10. The van der Waals surface area contributed by atoms with Crippen LogP contribution >= 0.6 is 27.5 Å². The normalized spacial score (nSPS) is 10.3. The molecule has 98 valence electrons. The SMILES string of the molecule is COc1ccc(C(=O)c2ccc(N)cc2Cl)c(Br)c1. The van der Waals surface area contributed by atoms with Crippen molar-refractivity contribution in [2.45, 2.75) is 0 Å². The first-order valence-electron chi connectivity index (χ1n) is 5.46. The van der Waals surface area contributed by atoms with Crippen molar-refractivity contribution in [3.63, 3.8) is 0 Å². The van der Waals surface area contributed by atoms with Gasteiger partial charge in [0.1, 0.15) is 5.75 Å². The summed E-state index contributed by atoms with van der Waals surface area (Å²) in [6.45, 7) is 0. The molecule has 5 heteroatoms. The van der Waals surface area contributed by atoms with Crippen LogP contribution in [0.5, 0.6) is 5.75 Å². The second kappa shape index (κ2) is 5.63. The number of carbonyl (C=O) groups excluding carboxylic acids is 1. The van der Waals surface area contributed by atoms with Gasteiger partial charge in [-0.3, -0.25) is 4.79 Å². The lowest BCUT2D eigenvalue weighted by atomic mass is 10.0. The number of ether oxygens (including phenoxy) is 1. The summed E-state index contributed by atoms with van der Waals surface area (Å²) in [6.07, 6.45) is 0. The molecular weight excluding hydrogens is 330 g/mol. The Morgan fingerprint density at radius 1 is 1.21 bits per heavy atom. The second-order valence-corrected chi connectivity index (χ2v) is 5.18. The molecule has 0 aliphatic carbocycles. The molecule has 0 aromatic heterocycles. The van der Waals surface area contributed by atoms with Gasteiger partial charge in [0, 0.05) is 21.3 Å². The molecule has 3 nitrogen and oxygen atoms in total. The Morgan fingerprint density at radius 3 is 2.47 bits per heavy atom. The minimum Gasteiger partial charge on any atom is -0.497 e. The molecular formula is C14H11BrClNO2. The number of nitrogen functional groups attached to an aromatic ring is 1. The number of nitrogens with two attached hydrogens (primary N) is 1. The molecule has 2 aromatic rings. The summed E-state index contributed by atoms with van der Waals surface area (Å²) in [5, 5.41) is 0.340. The predicted molar refractivity (Wildman–Crippen MR) is 80.0 cm³/mol. The third kappa shape index (κ3) is 2.91. The Labute approximate surface area is 124 Å². The zero-order chi connectivity index (χ0) is 14.0. The largest absolute Gasteiger partial charge is 0.497 e. The van der Waals surface area contributed by atoms with Gasteiger partial charge in [0.25, 0.3) is 0 Å². The van der Waals surface area contributed by atoms with Crippen molar-refractivity contribution >= 4 is 39.0 Å². The summed E-state index contributed by atoms with van der Waals surface area (Å²) >= 11 is 9.40. The molecule has 0 spiro atoms. The molecule has 0 saturated heterocycles. The van der Waals surface area contributed by atoms with E-state index in [-0.39, 0.29) is 5.78 Å². The Bertz CT molecular complexity index is 643. The fraction of sp³-hybridized carbons (Fsp3) is 0.0714. The average Bonchev–Trinajstić information content (AvgIpc) is 2.37. The highest BCUT2D eigenvalue weighted by Gasteiger charge is 2.16. The Balaban J connectivity index is 2.44. The Kier molecular flexibility index (Phi) is 4.12. The summed E-state index contributed by atoms with van der Waals surface area (Å²) in [5.74, 6) is 0.506. The van der Waals surface area contributed by atoms with Crippen LogP contribution in [0.15, 0.2) is 40.9 Å². The lowest BCUT2D eigenvalue weighted by Gasteiger charge is -2.08. The Hall–Kier alpha value is -1.52. The number of rotatable bonds is 3. The lowest BCUT2D eigenvalue weighted by molar-refractivity contribution is 0.103. The molecule has 0 aliphatic heterocycles. The topological polar surface area (TPSA) is 52.3 Å². The lowest BCUT2D eigenvalue weighted by Crippen LogP contribution is -2.04. The van der Waals surface area contributed by atoms with E-state index in [1.807, 2.05) is 0 Å². The van der Waals surface area contributed by atoms with Crippen LogP contribution in [0.25, 0.3) is 0 Å². The number of anilines is 1. The molecule has 0 unspecified atom stereocenters. The summed E-state index contributed by atoms with van der Waals surface area (Å²) in [4.78, 5) is 12.4. The molecule has 19 heavy (non-hydrogen) atoms. The maximum absolute atomic E-state index is 12.4. The van der Waals surface area contributed by atoms with Gasteiger partial charge in [-0.1, -0.05) is 11.6 Å². The van der Waals surface area contributed by atoms with E-state index in [1.165, 1.54) is 0 Å². The van der Waals surface area contributed by atoms with E-state index < -0.39 is 0 Å². The van der Waals surface area contributed by atoms with Gasteiger partial charge >= 0.3 is 0 Å². The van der Waals surface area contributed by atoms with Crippen LogP contribution < -0.4 is 10.5 Å². The van der Waals surface area contributed by atoms with Crippen LogP contribution in [0.4, 0.5) is 5.69 Å². The molecule has 0 heterocycles. The van der Waals surface area contributed by atoms with Crippen molar-refractivity contribution in [1.29, 1.82) is 0 Å². The molecule has 0 radical (unpaired) electrons. The minimum atomic E-state index is -0.167. The number of halogens is 2. The van der Waals surface area contributed by atoms with E-state index in [1.54, 1.807) is 43.5 Å². The third-order valence-corrected chi connectivity index (χ3v) is 3.63. The van der Waals surface area contributed by atoms with Crippen molar-refractivity contribution in [3.8, 4) is 5.75 Å². The number of benzene rings is 2. The fourth-order valence-electron chi connectivity index (χ4n) is 1.67. The molecule has 0 fully saturated rings. The van der Waals surface area contributed by atoms with Crippen LogP contribution in [-0.2, 0) is 0 Å². The fourth-order valence-corrected chi connectivity index (χ4v) is 2.48. The molecule has 0 saturated carbocycles. The zero-order valence-electron chi connectivity index (χ0n) is 10.1. The van der Waals surface area contributed by atoms with E-state index in [0.717, 1.165) is 0 Å². The van der Waals surface area contributed by atoms with Crippen LogP contribution in [0, 0.1) is 0 Å². The predicted octanol–water partition coefficient (Wildman–Crippen LogP) is 3.92. The van der Waals surface area contributed by atoms with Gasteiger partial charge in [0.15, 0.2) is 5.78 Å². The smallest absolute Gasteiger partial charge is 0.195 e. The molecule has 0 aliphatic rings. The van der Waals surface area contributed by atoms with Gasteiger partial charge < -0.3 is 10.5 Å². The third-order valence-electron chi connectivity index (χ3n) is 2.66. The number of methoxy groups -OCH3 is 1. The average molecular weight is 341 g/mol. The van der Waals surface area contributed by atoms with Gasteiger partial charge in [0.05, 0.1) is 12.1 Å². The van der Waals surface area contributed by atoms with Crippen LogP contribution in [0.3, 0.4) is 0 Å². The van der Waals surface area contributed by atoms with Crippen LogP contribution in [0.2, 0.25) is 5.02 Å². The number of ketones is 1. The highest BCUT2D eigenvalue weighted by Crippen LogP contribution is 2.28. The molecule has 0 bridgehead atoms. The van der Waals surface area contributed by atoms with E-state index in [9.17, 15) is 4.79 Å². The van der Waals surface area contributed by atoms with E-state index in [0.29, 0.717) is 32.1 Å². The van der Waals surface area contributed by atoms with Gasteiger partial charge in [-0.2, -0.15) is 0 Å². The van der Waals surface area contributed by atoms with Crippen LogP contribution in [-0.4, -0.2) is 12.9 Å². The van der Waals surface area contributed by atoms with Gasteiger partial charge in [-0.05, 0) is 52.3 Å².